The summed E-state index contributed by atoms with van der Waals surface area (Å²) >= 11 is 4.39. The molecule has 0 aromatic carbocycles. The van der Waals surface area contributed by atoms with Crippen LogP contribution in [0.5, 0.6) is 0 Å². The molecule has 1 atom stereocenters. The average Bonchev–Trinajstić information content (AvgIpc) is 3.34. The van der Waals surface area contributed by atoms with E-state index in [9.17, 15) is 0 Å². The SMILES string of the molecule is CC.CCCCC1CCCN1S.CN1CCC2(CCN(c3ccncc3)CC2)C1. The molecule has 0 N–H and O–H groups in total. The van der Waals surface area contributed by atoms with Crippen LogP contribution in [0.15, 0.2) is 24.5 Å². The third-order valence-corrected chi connectivity index (χ3v) is 7.24. The number of aromatic nitrogens is 1. The van der Waals surface area contributed by atoms with Crippen LogP contribution in [-0.4, -0.2) is 60.0 Å². The summed E-state index contributed by atoms with van der Waals surface area (Å²) in [5.74, 6) is 0. The Morgan fingerprint density at radius 3 is 2.24 bits per heavy atom. The van der Waals surface area contributed by atoms with Gasteiger partial charge in [-0.15, -0.1) is 0 Å². The molecule has 1 aromatic rings. The van der Waals surface area contributed by atoms with Crippen LogP contribution in [0.3, 0.4) is 0 Å². The van der Waals surface area contributed by atoms with Crippen LogP contribution in [0, 0.1) is 5.41 Å². The molecule has 4 rings (SSSR count). The number of unbranched alkanes of at least 4 members (excludes halogenated alkanes) is 1. The summed E-state index contributed by atoms with van der Waals surface area (Å²) in [4.78, 5) is 9.08. The standard InChI is InChI=1S/C14H21N3.C8H17NS.C2H6/c1-16-9-4-14(12-16)5-10-17(11-6-14)13-2-7-15-8-3-13;1-2-3-5-8-6-4-7-9(8)10;1-2/h2-3,7-8H,4-6,9-12H2,1H3;8,10H,2-7H2,1H3;1-2H3. The number of anilines is 1. The number of piperidine rings is 1. The van der Waals surface area contributed by atoms with Crippen molar-refractivity contribution >= 4 is 18.5 Å². The van der Waals surface area contributed by atoms with Crippen LogP contribution in [0.2, 0.25) is 0 Å². The first kappa shape index (κ1) is 24.5. The van der Waals surface area contributed by atoms with E-state index in [0.29, 0.717) is 5.41 Å². The van der Waals surface area contributed by atoms with Crippen LogP contribution in [0.4, 0.5) is 5.69 Å². The minimum atomic E-state index is 0.623. The van der Waals surface area contributed by atoms with Gasteiger partial charge in [0.1, 0.15) is 0 Å². The zero-order valence-corrected chi connectivity index (χ0v) is 20.2. The van der Waals surface area contributed by atoms with Crippen molar-refractivity contribution in [2.45, 2.75) is 78.2 Å². The fourth-order valence-electron chi connectivity index (χ4n) is 4.91. The highest BCUT2D eigenvalue weighted by Crippen LogP contribution is 2.40. The molecule has 1 spiro atoms. The average molecular weight is 421 g/mol. The van der Waals surface area contributed by atoms with Gasteiger partial charge in [0.25, 0.3) is 0 Å². The lowest BCUT2D eigenvalue weighted by Crippen LogP contribution is -2.41. The second kappa shape index (κ2) is 12.8. The van der Waals surface area contributed by atoms with Gasteiger partial charge >= 0.3 is 0 Å². The molecular weight excluding hydrogens is 376 g/mol. The summed E-state index contributed by atoms with van der Waals surface area (Å²) in [6.45, 7) is 12.4. The summed E-state index contributed by atoms with van der Waals surface area (Å²) in [5, 5.41) is 0. The molecule has 1 unspecified atom stereocenters. The Morgan fingerprint density at radius 1 is 1.07 bits per heavy atom. The first-order chi connectivity index (χ1) is 14.1. The van der Waals surface area contributed by atoms with Gasteiger partial charge in [-0.25, -0.2) is 0 Å². The Morgan fingerprint density at radius 2 is 1.72 bits per heavy atom. The number of likely N-dealkylation sites (tertiary alicyclic amines) is 1. The van der Waals surface area contributed by atoms with Gasteiger partial charge in [-0.3, -0.25) is 9.29 Å². The summed E-state index contributed by atoms with van der Waals surface area (Å²) < 4.78 is 2.20. The largest absolute Gasteiger partial charge is 0.371 e. The van der Waals surface area contributed by atoms with E-state index in [1.807, 2.05) is 26.2 Å². The van der Waals surface area contributed by atoms with E-state index in [2.05, 4.69) is 58.0 Å². The quantitative estimate of drug-likeness (QED) is 0.648. The molecule has 0 amide bonds. The molecule has 29 heavy (non-hydrogen) atoms. The van der Waals surface area contributed by atoms with Crippen molar-refractivity contribution in [2.24, 2.45) is 5.41 Å². The highest BCUT2D eigenvalue weighted by molar-refractivity contribution is 7.77. The lowest BCUT2D eigenvalue weighted by atomic mass is 9.77. The highest BCUT2D eigenvalue weighted by atomic mass is 32.1. The van der Waals surface area contributed by atoms with Crippen molar-refractivity contribution in [3.8, 4) is 0 Å². The molecule has 0 aliphatic carbocycles. The predicted molar refractivity (Wildman–Crippen MR) is 130 cm³/mol. The van der Waals surface area contributed by atoms with Crippen molar-refractivity contribution in [3.63, 3.8) is 0 Å². The summed E-state index contributed by atoms with van der Waals surface area (Å²) in [6, 6.07) is 5.03. The van der Waals surface area contributed by atoms with Crippen LogP contribution in [0.1, 0.15) is 72.1 Å². The first-order valence-corrected chi connectivity index (χ1v) is 12.3. The highest BCUT2D eigenvalue weighted by Gasteiger charge is 2.39. The number of pyridine rings is 1. The van der Waals surface area contributed by atoms with Crippen LogP contribution in [-0.2, 0) is 0 Å². The monoisotopic (exact) mass is 420 g/mol. The van der Waals surface area contributed by atoms with Crippen molar-refractivity contribution in [2.75, 3.05) is 44.7 Å². The Bertz CT molecular complexity index is 545. The van der Waals surface area contributed by atoms with Crippen molar-refractivity contribution in [1.29, 1.82) is 0 Å². The van der Waals surface area contributed by atoms with E-state index in [4.69, 9.17) is 0 Å². The van der Waals surface area contributed by atoms with Crippen molar-refractivity contribution < 1.29 is 0 Å². The molecular formula is C24H44N4S. The van der Waals surface area contributed by atoms with Gasteiger partial charge in [0.2, 0.25) is 0 Å². The van der Waals surface area contributed by atoms with Gasteiger partial charge in [0, 0.05) is 50.3 Å². The zero-order chi connectivity index (χ0) is 21.1. The van der Waals surface area contributed by atoms with E-state index in [0.717, 1.165) is 6.04 Å². The van der Waals surface area contributed by atoms with Crippen LogP contribution < -0.4 is 4.90 Å². The summed E-state index contributed by atoms with van der Waals surface area (Å²) in [5.41, 5.74) is 1.96. The maximum atomic E-state index is 4.39. The summed E-state index contributed by atoms with van der Waals surface area (Å²) in [6.07, 6.45) is 14.6. The molecule has 0 bridgehead atoms. The van der Waals surface area contributed by atoms with Crippen LogP contribution in [0.25, 0.3) is 0 Å². The third kappa shape index (κ3) is 7.45. The maximum Gasteiger partial charge on any atom is 0.0397 e. The maximum absolute atomic E-state index is 4.39. The van der Waals surface area contributed by atoms with Gasteiger partial charge in [0.15, 0.2) is 0 Å². The fourth-order valence-corrected chi connectivity index (χ4v) is 5.29. The summed E-state index contributed by atoms with van der Waals surface area (Å²) in [7, 11) is 2.25. The second-order valence-corrected chi connectivity index (χ2v) is 9.30. The Labute approximate surface area is 185 Å². The molecule has 3 fully saturated rings. The molecule has 4 nitrogen and oxygen atoms in total. The Kier molecular flexibility index (Phi) is 10.8. The number of hydrogen-bond acceptors (Lipinski definition) is 5. The van der Waals surface area contributed by atoms with Gasteiger partial charge in [0.05, 0.1) is 0 Å². The molecule has 3 aliphatic rings. The lowest BCUT2D eigenvalue weighted by Gasteiger charge is -2.40. The molecule has 1 aromatic heterocycles. The van der Waals surface area contributed by atoms with E-state index in [1.54, 1.807) is 0 Å². The van der Waals surface area contributed by atoms with E-state index in [1.165, 1.54) is 89.8 Å². The minimum Gasteiger partial charge on any atom is -0.371 e. The minimum absolute atomic E-state index is 0.623. The topological polar surface area (TPSA) is 22.6 Å². The van der Waals surface area contributed by atoms with Gasteiger partial charge in [-0.1, -0.05) is 46.4 Å². The Hall–Kier alpha value is -0.780. The number of rotatable bonds is 4. The number of nitrogens with zero attached hydrogens (tertiary/aromatic N) is 4. The molecule has 166 valence electrons. The number of hydrogen-bond donors (Lipinski definition) is 1. The normalized spacial score (nSPS) is 24.0. The van der Waals surface area contributed by atoms with Gasteiger partial charge in [-0.2, -0.15) is 0 Å². The first-order valence-electron chi connectivity index (χ1n) is 11.9. The predicted octanol–water partition coefficient (Wildman–Crippen LogP) is 5.52. The zero-order valence-electron chi connectivity index (χ0n) is 19.3. The van der Waals surface area contributed by atoms with E-state index in [-0.39, 0.29) is 0 Å². The fraction of sp³-hybridized carbons (Fsp3) is 0.792. The van der Waals surface area contributed by atoms with E-state index < -0.39 is 0 Å². The van der Waals surface area contributed by atoms with Gasteiger partial charge < -0.3 is 9.80 Å². The molecule has 4 heterocycles. The molecule has 3 saturated heterocycles. The van der Waals surface area contributed by atoms with Gasteiger partial charge in [-0.05, 0) is 69.7 Å². The van der Waals surface area contributed by atoms with E-state index >= 15 is 0 Å². The van der Waals surface area contributed by atoms with Crippen molar-refractivity contribution in [3.05, 3.63) is 24.5 Å². The smallest absolute Gasteiger partial charge is 0.0397 e. The third-order valence-electron chi connectivity index (χ3n) is 6.72. The van der Waals surface area contributed by atoms with Crippen LogP contribution >= 0.6 is 12.8 Å². The molecule has 3 aliphatic heterocycles. The van der Waals surface area contributed by atoms with Crippen molar-refractivity contribution in [1.82, 2.24) is 14.2 Å². The molecule has 0 saturated carbocycles. The Balaban J connectivity index is 0.000000215. The lowest BCUT2D eigenvalue weighted by molar-refractivity contribution is 0.222. The molecule has 5 heteroatoms. The number of thiol groups is 1. The molecule has 0 radical (unpaired) electrons. The second-order valence-electron chi connectivity index (χ2n) is 8.78.